The predicted molar refractivity (Wildman–Crippen MR) is 133 cm³/mol. The number of ether oxygens (including phenoxy) is 1. The normalized spacial score (nSPS) is 11.2. The first kappa shape index (κ1) is 23.0. The molecule has 0 radical (unpaired) electrons. The molecule has 0 unspecified atom stereocenters. The lowest BCUT2D eigenvalue weighted by molar-refractivity contribution is 0.251. The van der Waals surface area contributed by atoms with Crippen LogP contribution in [0, 0.1) is 5.82 Å². The number of pyridine rings is 1. The number of methoxy groups -OCH3 is 1. The number of benzene rings is 3. The highest BCUT2D eigenvalue weighted by Crippen LogP contribution is 2.25. The van der Waals surface area contributed by atoms with Gasteiger partial charge in [0.2, 0.25) is 0 Å². The molecule has 0 bridgehead atoms. The molecule has 170 valence electrons. The van der Waals surface area contributed by atoms with E-state index in [9.17, 15) is 4.39 Å². The Bertz CT molecular complexity index is 1200. The van der Waals surface area contributed by atoms with Crippen LogP contribution in [0.1, 0.15) is 17.5 Å². The van der Waals surface area contributed by atoms with Gasteiger partial charge in [0.1, 0.15) is 11.6 Å². The van der Waals surface area contributed by atoms with Crippen molar-refractivity contribution in [3.8, 4) is 5.75 Å². The second-order valence-corrected chi connectivity index (χ2v) is 8.39. The van der Waals surface area contributed by atoms with E-state index in [2.05, 4.69) is 27.3 Å². The first-order valence-corrected chi connectivity index (χ1v) is 11.4. The maximum absolute atomic E-state index is 13.9. The fourth-order valence-corrected chi connectivity index (χ4v) is 4.13. The Morgan fingerprint density at radius 2 is 1.85 bits per heavy atom. The Balaban J connectivity index is 1.43. The monoisotopic (exact) mass is 463 g/mol. The molecule has 3 aromatic carbocycles. The second kappa shape index (κ2) is 11.1. The molecular weight excluding hydrogens is 437 g/mol. The Morgan fingerprint density at radius 3 is 2.67 bits per heavy atom. The van der Waals surface area contributed by atoms with E-state index in [1.54, 1.807) is 25.4 Å². The van der Waals surface area contributed by atoms with Crippen LogP contribution in [0.25, 0.3) is 10.9 Å². The van der Waals surface area contributed by atoms with Crippen LogP contribution in [0.15, 0.2) is 79.0 Å². The molecule has 0 fully saturated rings. The zero-order valence-electron chi connectivity index (χ0n) is 18.6. The summed E-state index contributed by atoms with van der Waals surface area (Å²) >= 11 is 6.10. The Hall–Kier alpha value is -3.15. The third-order valence-corrected chi connectivity index (χ3v) is 5.79. The molecule has 1 aromatic heterocycles. The summed E-state index contributed by atoms with van der Waals surface area (Å²) in [6, 6.07) is 22.7. The van der Waals surface area contributed by atoms with Gasteiger partial charge in [-0.05, 0) is 54.4 Å². The minimum atomic E-state index is -0.253. The maximum Gasteiger partial charge on any atom is 0.123 e. The molecular formula is C27H27ClFN3O. The predicted octanol–water partition coefficient (Wildman–Crippen LogP) is 6.54. The molecule has 0 aliphatic carbocycles. The summed E-state index contributed by atoms with van der Waals surface area (Å²) < 4.78 is 19.4. The highest BCUT2D eigenvalue weighted by atomic mass is 35.5. The summed E-state index contributed by atoms with van der Waals surface area (Å²) in [5, 5.41) is 5.25. The molecule has 0 atom stereocenters. The maximum atomic E-state index is 13.9. The number of nitrogens with zero attached hydrogens (tertiary/aromatic N) is 2. The van der Waals surface area contributed by atoms with Crippen LogP contribution in [-0.2, 0) is 13.1 Å². The molecule has 0 amide bonds. The van der Waals surface area contributed by atoms with Gasteiger partial charge in [-0.25, -0.2) is 4.39 Å². The lowest BCUT2D eigenvalue weighted by Crippen LogP contribution is -2.26. The average molecular weight is 464 g/mol. The van der Waals surface area contributed by atoms with E-state index in [-0.39, 0.29) is 5.82 Å². The van der Waals surface area contributed by atoms with E-state index in [0.717, 1.165) is 48.2 Å². The van der Waals surface area contributed by atoms with E-state index < -0.39 is 0 Å². The SMILES string of the molecule is COc1ccc(F)cc1CN(CCCNc1ccnc2cc(Cl)ccc12)Cc1ccccc1. The molecule has 0 saturated carbocycles. The standard InChI is InChI=1S/C27H27ClFN3O/c1-33-27-11-9-23(29)16-21(27)19-32(18-20-6-3-2-4-7-20)15-5-13-30-25-12-14-31-26-17-22(28)8-10-24(25)26/h2-4,6-12,14,16-17H,5,13,15,18-19H2,1H3,(H,30,31). The third kappa shape index (κ3) is 6.21. The summed E-state index contributed by atoms with van der Waals surface area (Å²) in [5.41, 5.74) is 3.98. The fraction of sp³-hybridized carbons (Fsp3) is 0.222. The molecule has 33 heavy (non-hydrogen) atoms. The van der Waals surface area contributed by atoms with Crippen molar-refractivity contribution < 1.29 is 9.13 Å². The van der Waals surface area contributed by atoms with Crippen LogP contribution < -0.4 is 10.1 Å². The van der Waals surface area contributed by atoms with Gasteiger partial charge in [0, 0.05) is 54.0 Å². The van der Waals surface area contributed by atoms with E-state index >= 15 is 0 Å². The van der Waals surface area contributed by atoms with Crippen LogP contribution in [0.3, 0.4) is 0 Å². The largest absolute Gasteiger partial charge is 0.496 e. The van der Waals surface area contributed by atoms with Crippen molar-refractivity contribution in [1.82, 2.24) is 9.88 Å². The number of fused-ring (bicyclic) bond motifs is 1. The van der Waals surface area contributed by atoms with Crippen LogP contribution in [0.4, 0.5) is 10.1 Å². The Morgan fingerprint density at radius 1 is 1.00 bits per heavy atom. The van der Waals surface area contributed by atoms with E-state index in [1.807, 2.05) is 42.5 Å². The lowest BCUT2D eigenvalue weighted by atomic mass is 10.1. The molecule has 4 aromatic rings. The zero-order valence-corrected chi connectivity index (χ0v) is 19.4. The minimum absolute atomic E-state index is 0.253. The van der Waals surface area contributed by atoms with Gasteiger partial charge in [-0.3, -0.25) is 9.88 Å². The summed E-state index contributed by atoms with van der Waals surface area (Å²) in [4.78, 5) is 6.72. The van der Waals surface area contributed by atoms with E-state index in [1.165, 1.54) is 11.6 Å². The second-order valence-electron chi connectivity index (χ2n) is 7.95. The summed E-state index contributed by atoms with van der Waals surface area (Å²) in [6.45, 7) is 3.02. The number of aromatic nitrogens is 1. The average Bonchev–Trinajstić information content (AvgIpc) is 2.82. The van der Waals surface area contributed by atoms with Crippen molar-refractivity contribution in [2.24, 2.45) is 0 Å². The number of hydrogen-bond acceptors (Lipinski definition) is 4. The van der Waals surface area contributed by atoms with Crippen molar-refractivity contribution >= 4 is 28.2 Å². The van der Waals surface area contributed by atoms with Gasteiger partial charge in [0.05, 0.1) is 12.6 Å². The highest BCUT2D eigenvalue weighted by Gasteiger charge is 2.12. The molecule has 4 nitrogen and oxygen atoms in total. The topological polar surface area (TPSA) is 37.4 Å². The van der Waals surface area contributed by atoms with Gasteiger partial charge in [0.25, 0.3) is 0 Å². The molecule has 0 aliphatic rings. The van der Waals surface area contributed by atoms with Gasteiger partial charge >= 0.3 is 0 Å². The number of halogens is 2. The van der Waals surface area contributed by atoms with Crippen molar-refractivity contribution in [3.05, 3.63) is 101 Å². The molecule has 0 saturated heterocycles. The molecule has 0 spiro atoms. The number of anilines is 1. The summed E-state index contributed by atoms with van der Waals surface area (Å²) in [6.07, 6.45) is 2.71. The van der Waals surface area contributed by atoms with Crippen LogP contribution in [0.5, 0.6) is 5.75 Å². The van der Waals surface area contributed by atoms with Crippen LogP contribution in [-0.4, -0.2) is 30.1 Å². The number of nitrogens with one attached hydrogen (secondary N) is 1. The number of rotatable bonds is 10. The summed E-state index contributed by atoms with van der Waals surface area (Å²) in [7, 11) is 1.62. The van der Waals surface area contributed by atoms with Gasteiger partial charge in [-0.2, -0.15) is 0 Å². The Labute approximate surface area is 199 Å². The van der Waals surface area contributed by atoms with E-state index in [0.29, 0.717) is 17.3 Å². The minimum Gasteiger partial charge on any atom is -0.496 e. The van der Waals surface area contributed by atoms with Gasteiger partial charge < -0.3 is 10.1 Å². The van der Waals surface area contributed by atoms with Crippen molar-refractivity contribution in [1.29, 1.82) is 0 Å². The van der Waals surface area contributed by atoms with Crippen molar-refractivity contribution in [2.45, 2.75) is 19.5 Å². The Kier molecular flexibility index (Phi) is 7.76. The quantitative estimate of drug-likeness (QED) is 0.271. The molecule has 6 heteroatoms. The summed E-state index contributed by atoms with van der Waals surface area (Å²) in [5.74, 6) is 0.450. The molecule has 1 N–H and O–H groups in total. The highest BCUT2D eigenvalue weighted by molar-refractivity contribution is 6.31. The first-order valence-electron chi connectivity index (χ1n) is 11.0. The van der Waals surface area contributed by atoms with Crippen molar-refractivity contribution in [2.75, 3.05) is 25.5 Å². The molecule has 4 rings (SSSR count). The molecule has 1 heterocycles. The van der Waals surface area contributed by atoms with Gasteiger partial charge in [0.15, 0.2) is 0 Å². The van der Waals surface area contributed by atoms with Crippen molar-refractivity contribution in [3.63, 3.8) is 0 Å². The zero-order chi connectivity index (χ0) is 23.0. The number of hydrogen-bond donors (Lipinski definition) is 1. The van der Waals surface area contributed by atoms with Crippen LogP contribution >= 0.6 is 11.6 Å². The lowest BCUT2D eigenvalue weighted by Gasteiger charge is -2.24. The molecule has 0 aliphatic heterocycles. The fourth-order valence-electron chi connectivity index (χ4n) is 3.97. The smallest absolute Gasteiger partial charge is 0.123 e. The third-order valence-electron chi connectivity index (χ3n) is 5.56. The van der Waals surface area contributed by atoms with Crippen LogP contribution in [0.2, 0.25) is 5.02 Å². The first-order chi connectivity index (χ1) is 16.1. The van der Waals surface area contributed by atoms with Gasteiger partial charge in [-0.1, -0.05) is 41.9 Å². The van der Waals surface area contributed by atoms with E-state index in [4.69, 9.17) is 16.3 Å². The van der Waals surface area contributed by atoms with Gasteiger partial charge in [-0.15, -0.1) is 0 Å².